The molecule has 0 bridgehead atoms. The summed E-state index contributed by atoms with van der Waals surface area (Å²) in [6, 6.07) is 5.43. The predicted octanol–water partition coefficient (Wildman–Crippen LogP) is 3.78. The minimum Gasteiger partial charge on any atom is -0.495 e. The van der Waals surface area contributed by atoms with E-state index in [1.54, 1.807) is 13.2 Å². The summed E-state index contributed by atoms with van der Waals surface area (Å²) in [6.07, 6.45) is 4.88. The van der Waals surface area contributed by atoms with Crippen LogP contribution in [-0.4, -0.2) is 18.8 Å². The van der Waals surface area contributed by atoms with E-state index in [2.05, 4.69) is 11.2 Å². The molecule has 0 aliphatic carbocycles. The number of hydrogen-bond acceptors (Lipinski definition) is 3. The largest absolute Gasteiger partial charge is 0.495 e. The Bertz CT molecular complexity index is 524. The van der Waals surface area contributed by atoms with E-state index in [9.17, 15) is 4.79 Å². The molecule has 1 aromatic rings. The lowest BCUT2D eigenvalue weighted by atomic mass is 10.0. The van der Waals surface area contributed by atoms with Crippen molar-refractivity contribution in [3.8, 4) is 18.1 Å². The summed E-state index contributed by atoms with van der Waals surface area (Å²) < 4.78 is 10.5. The summed E-state index contributed by atoms with van der Waals surface area (Å²) in [5, 5.41) is 2.66. The van der Waals surface area contributed by atoms with Crippen LogP contribution in [0, 0.1) is 12.3 Å². The quantitative estimate of drug-likeness (QED) is 0.854. The number of methoxy groups -OCH3 is 1. The molecule has 1 N–H and O–H groups in total. The molecule has 1 atom stereocenters. The Morgan fingerprint density at radius 3 is 2.55 bits per heavy atom. The molecule has 0 aromatic heterocycles. The minimum absolute atomic E-state index is 0.0144. The summed E-state index contributed by atoms with van der Waals surface area (Å²) in [5.74, 6) is 3.19. The van der Waals surface area contributed by atoms with Crippen molar-refractivity contribution >= 4 is 11.8 Å². The fraction of sp³-hybridized carbons (Fsp3) is 0.438. The third-order valence-corrected chi connectivity index (χ3v) is 2.61. The van der Waals surface area contributed by atoms with E-state index in [1.165, 1.54) is 0 Å². The number of nitrogens with one attached hydrogen (secondary N) is 1. The molecule has 1 amide bonds. The van der Waals surface area contributed by atoms with E-state index in [0.717, 1.165) is 5.56 Å². The summed E-state index contributed by atoms with van der Waals surface area (Å²) in [7, 11) is 1.54. The molecule has 0 aliphatic rings. The number of carbonyl (C=O) groups excluding carboxylic acids is 1. The maximum atomic E-state index is 11.7. The number of ether oxygens (including phenoxy) is 2. The van der Waals surface area contributed by atoms with E-state index in [4.69, 9.17) is 15.9 Å². The van der Waals surface area contributed by atoms with Crippen molar-refractivity contribution in [2.45, 2.75) is 39.2 Å². The number of hydrogen-bond donors (Lipinski definition) is 1. The zero-order valence-electron chi connectivity index (χ0n) is 12.6. The standard InChI is InChI=1S/C16H21NO3/c1-7-11(2)12-8-9-13(14(10-12)19-6)17-15(18)20-16(3,4)5/h1,8-11H,2-6H3,(H,17,18). The van der Waals surface area contributed by atoms with Gasteiger partial charge in [-0.1, -0.05) is 12.0 Å². The number of rotatable bonds is 3. The van der Waals surface area contributed by atoms with Gasteiger partial charge in [0.2, 0.25) is 0 Å². The number of terminal acetylenes is 1. The van der Waals surface area contributed by atoms with Gasteiger partial charge in [0.1, 0.15) is 11.4 Å². The highest BCUT2D eigenvalue weighted by molar-refractivity contribution is 5.87. The molecule has 0 saturated carbocycles. The van der Waals surface area contributed by atoms with Crippen LogP contribution in [0.3, 0.4) is 0 Å². The van der Waals surface area contributed by atoms with Gasteiger partial charge in [-0.3, -0.25) is 5.32 Å². The molecule has 1 rings (SSSR count). The molecular weight excluding hydrogens is 254 g/mol. The van der Waals surface area contributed by atoms with E-state index in [-0.39, 0.29) is 5.92 Å². The molecular formula is C16H21NO3. The van der Waals surface area contributed by atoms with E-state index >= 15 is 0 Å². The van der Waals surface area contributed by atoms with Crippen LogP contribution in [0.2, 0.25) is 0 Å². The van der Waals surface area contributed by atoms with Gasteiger partial charge >= 0.3 is 6.09 Å². The van der Waals surface area contributed by atoms with Gasteiger partial charge in [0.15, 0.2) is 0 Å². The third-order valence-electron chi connectivity index (χ3n) is 2.61. The maximum Gasteiger partial charge on any atom is 0.412 e. The molecule has 0 saturated heterocycles. The van der Waals surface area contributed by atoms with Crippen molar-refractivity contribution in [3.63, 3.8) is 0 Å². The monoisotopic (exact) mass is 275 g/mol. The average molecular weight is 275 g/mol. The van der Waals surface area contributed by atoms with Crippen LogP contribution in [0.4, 0.5) is 10.5 Å². The number of anilines is 1. The van der Waals surface area contributed by atoms with Gasteiger partial charge in [0.05, 0.1) is 12.8 Å². The van der Waals surface area contributed by atoms with E-state index in [1.807, 2.05) is 39.8 Å². The van der Waals surface area contributed by atoms with Crippen LogP contribution in [0.25, 0.3) is 0 Å². The molecule has 0 fully saturated rings. The van der Waals surface area contributed by atoms with Gasteiger partial charge in [-0.2, -0.15) is 0 Å². The first-order valence-corrected chi connectivity index (χ1v) is 6.41. The van der Waals surface area contributed by atoms with Crippen LogP contribution in [-0.2, 0) is 4.74 Å². The molecule has 20 heavy (non-hydrogen) atoms. The average Bonchev–Trinajstić information content (AvgIpc) is 2.36. The molecule has 1 aromatic carbocycles. The van der Waals surface area contributed by atoms with Crippen LogP contribution in [0.1, 0.15) is 39.2 Å². The van der Waals surface area contributed by atoms with Crippen molar-refractivity contribution in [3.05, 3.63) is 23.8 Å². The lowest BCUT2D eigenvalue weighted by molar-refractivity contribution is 0.0635. The van der Waals surface area contributed by atoms with Gasteiger partial charge in [0, 0.05) is 5.92 Å². The van der Waals surface area contributed by atoms with Gasteiger partial charge in [-0.05, 0) is 45.4 Å². The molecule has 0 heterocycles. The fourth-order valence-corrected chi connectivity index (χ4v) is 1.59. The van der Waals surface area contributed by atoms with Gasteiger partial charge in [0.25, 0.3) is 0 Å². The summed E-state index contributed by atoms with van der Waals surface area (Å²) >= 11 is 0. The Morgan fingerprint density at radius 1 is 1.40 bits per heavy atom. The highest BCUT2D eigenvalue weighted by Gasteiger charge is 2.17. The second kappa shape index (κ2) is 6.33. The van der Waals surface area contributed by atoms with E-state index in [0.29, 0.717) is 11.4 Å². The predicted molar refractivity (Wildman–Crippen MR) is 80.1 cm³/mol. The normalized spacial score (nSPS) is 12.2. The van der Waals surface area contributed by atoms with Crippen LogP contribution in [0.15, 0.2) is 18.2 Å². The Hall–Kier alpha value is -2.15. The van der Waals surface area contributed by atoms with Crippen LogP contribution < -0.4 is 10.1 Å². The number of carbonyl (C=O) groups is 1. The highest BCUT2D eigenvalue weighted by Crippen LogP contribution is 2.29. The first-order valence-electron chi connectivity index (χ1n) is 6.41. The first kappa shape index (κ1) is 15.9. The zero-order valence-corrected chi connectivity index (χ0v) is 12.6. The lowest BCUT2D eigenvalue weighted by Crippen LogP contribution is -2.27. The number of amides is 1. The lowest BCUT2D eigenvalue weighted by Gasteiger charge is -2.20. The maximum absolute atomic E-state index is 11.7. The summed E-state index contributed by atoms with van der Waals surface area (Å²) in [5.41, 5.74) is 0.962. The van der Waals surface area contributed by atoms with Crippen LogP contribution in [0.5, 0.6) is 5.75 Å². The van der Waals surface area contributed by atoms with Crippen molar-refractivity contribution in [2.75, 3.05) is 12.4 Å². The molecule has 0 spiro atoms. The minimum atomic E-state index is -0.546. The van der Waals surface area contributed by atoms with Crippen molar-refractivity contribution < 1.29 is 14.3 Å². The molecule has 4 heteroatoms. The molecule has 108 valence electrons. The summed E-state index contributed by atoms with van der Waals surface area (Å²) in [4.78, 5) is 11.7. The fourth-order valence-electron chi connectivity index (χ4n) is 1.59. The first-order chi connectivity index (χ1) is 9.26. The van der Waals surface area contributed by atoms with Crippen LogP contribution >= 0.6 is 0 Å². The van der Waals surface area contributed by atoms with Crippen molar-refractivity contribution in [2.24, 2.45) is 0 Å². The van der Waals surface area contributed by atoms with Gasteiger partial charge in [-0.25, -0.2) is 4.79 Å². The Balaban J connectivity index is 2.91. The number of benzene rings is 1. The second-order valence-electron chi connectivity index (χ2n) is 5.47. The molecule has 4 nitrogen and oxygen atoms in total. The van der Waals surface area contributed by atoms with Crippen molar-refractivity contribution in [1.29, 1.82) is 0 Å². The van der Waals surface area contributed by atoms with Gasteiger partial charge < -0.3 is 9.47 Å². The van der Waals surface area contributed by atoms with Gasteiger partial charge in [-0.15, -0.1) is 6.42 Å². The van der Waals surface area contributed by atoms with E-state index < -0.39 is 11.7 Å². The summed E-state index contributed by atoms with van der Waals surface area (Å²) in [6.45, 7) is 7.35. The molecule has 0 radical (unpaired) electrons. The Kier molecular flexibility index (Phi) is 5.04. The second-order valence-corrected chi connectivity index (χ2v) is 5.47. The van der Waals surface area contributed by atoms with Crippen molar-refractivity contribution in [1.82, 2.24) is 0 Å². The smallest absolute Gasteiger partial charge is 0.412 e. The zero-order chi connectivity index (χ0) is 15.3. The Labute approximate surface area is 120 Å². The topological polar surface area (TPSA) is 47.6 Å². The Morgan fingerprint density at radius 2 is 2.05 bits per heavy atom. The molecule has 0 aliphatic heterocycles. The molecule has 1 unspecified atom stereocenters. The SMILES string of the molecule is C#CC(C)c1ccc(NC(=O)OC(C)(C)C)c(OC)c1. The highest BCUT2D eigenvalue weighted by atomic mass is 16.6. The third kappa shape index (κ3) is 4.51.